The lowest BCUT2D eigenvalue weighted by Gasteiger charge is -2.38. The average Bonchev–Trinajstić information content (AvgIpc) is 2.88. The largest absolute Gasteiger partial charge is 0.354 e. The Balaban J connectivity index is 1.58. The first-order chi connectivity index (χ1) is 17.6. The van der Waals surface area contributed by atoms with Gasteiger partial charge < -0.3 is 10.2 Å². The Kier molecular flexibility index (Phi) is 10.5. The number of hydrogen-bond acceptors (Lipinski definition) is 4. The second-order valence-electron chi connectivity index (χ2n) is 10.1. The second-order valence-corrected chi connectivity index (χ2v) is 11.7. The lowest BCUT2D eigenvalue weighted by atomic mass is 10.0. The van der Waals surface area contributed by atoms with E-state index in [1.54, 1.807) is 0 Å². The van der Waals surface area contributed by atoms with E-state index >= 15 is 0 Å². The lowest BCUT2D eigenvalue weighted by molar-refractivity contribution is -0.121. The van der Waals surface area contributed by atoms with Gasteiger partial charge in [0.05, 0.1) is 11.3 Å². The standard InChI is InChI=1S/C30H42N4O2S/c1-23(2)32(6)22-26(5)37(36)34(29-10-8-7-9-11-29)21-25(4)33-18-16-28(17-19-33)31-30(35)20-27-14-12-24(3)13-15-27/h7-15,22,25,28H,1,16-21H2,2-6H3,(H,31,35)/b26-22+/t25-,37?/m1/s1. The minimum Gasteiger partial charge on any atom is -0.354 e. The number of aryl methyl sites for hydroxylation is 1. The number of benzene rings is 2. The maximum atomic E-state index is 13.6. The molecule has 0 radical (unpaired) electrons. The highest BCUT2D eigenvalue weighted by atomic mass is 32.2. The van der Waals surface area contributed by atoms with Gasteiger partial charge in [-0.05, 0) is 58.2 Å². The zero-order valence-corrected chi connectivity index (χ0v) is 23.8. The number of anilines is 1. The fourth-order valence-corrected chi connectivity index (χ4v) is 5.74. The molecule has 1 heterocycles. The number of carbonyl (C=O) groups is 1. The third kappa shape index (κ3) is 8.58. The Morgan fingerprint density at radius 2 is 1.76 bits per heavy atom. The maximum Gasteiger partial charge on any atom is 0.224 e. The van der Waals surface area contributed by atoms with Crippen LogP contribution >= 0.6 is 0 Å². The summed E-state index contributed by atoms with van der Waals surface area (Å²) < 4.78 is 15.6. The predicted octanol–water partition coefficient (Wildman–Crippen LogP) is 5.00. The summed E-state index contributed by atoms with van der Waals surface area (Å²) >= 11 is 0. The Morgan fingerprint density at radius 3 is 2.35 bits per heavy atom. The lowest BCUT2D eigenvalue weighted by Crippen LogP contribution is -2.50. The van der Waals surface area contributed by atoms with Crippen LogP contribution in [-0.2, 0) is 22.2 Å². The van der Waals surface area contributed by atoms with Crippen LogP contribution in [0.1, 0.15) is 44.7 Å². The van der Waals surface area contributed by atoms with Crippen LogP contribution in [0.15, 0.2) is 78.0 Å². The topological polar surface area (TPSA) is 55.9 Å². The minimum atomic E-state index is -1.32. The van der Waals surface area contributed by atoms with Gasteiger partial charge in [0.15, 0.2) is 0 Å². The van der Waals surface area contributed by atoms with Gasteiger partial charge >= 0.3 is 0 Å². The molecule has 1 aliphatic rings. The Labute approximate surface area is 225 Å². The third-order valence-corrected chi connectivity index (χ3v) is 8.35. The van der Waals surface area contributed by atoms with E-state index in [1.807, 2.05) is 90.9 Å². The van der Waals surface area contributed by atoms with E-state index in [-0.39, 0.29) is 18.0 Å². The van der Waals surface area contributed by atoms with Crippen LogP contribution < -0.4 is 9.62 Å². The van der Waals surface area contributed by atoms with Crippen molar-refractivity contribution in [2.24, 2.45) is 0 Å². The molecule has 200 valence electrons. The molecule has 0 bridgehead atoms. The normalized spacial score (nSPS) is 16.6. The molecule has 6 nitrogen and oxygen atoms in total. The van der Waals surface area contributed by atoms with Gasteiger partial charge in [0.2, 0.25) is 5.91 Å². The summed E-state index contributed by atoms with van der Waals surface area (Å²) in [5.74, 6) is 0.0861. The van der Waals surface area contributed by atoms with Crippen molar-refractivity contribution in [2.75, 3.05) is 31.0 Å². The third-order valence-electron chi connectivity index (χ3n) is 6.93. The Bertz CT molecular complexity index is 1090. The number of para-hydroxylation sites is 1. The van der Waals surface area contributed by atoms with Crippen LogP contribution in [-0.4, -0.2) is 58.7 Å². The first kappa shape index (κ1) is 28.7. The molecular formula is C30H42N4O2S. The summed E-state index contributed by atoms with van der Waals surface area (Å²) in [6.45, 7) is 14.5. The smallest absolute Gasteiger partial charge is 0.224 e. The highest BCUT2D eigenvalue weighted by Crippen LogP contribution is 2.23. The highest BCUT2D eigenvalue weighted by Gasteiger charge is 2.27. The minimum absolute atomic E-state index is 0.0861. The van der Waals surface area contributed by atoms with Crippen molar-refractivity contribution in [3.8, 4) is 0 Å². The van der Waals surface area contributed by atoms with Crippen molar-refractivity contribution in [2.45, 2.75) is 59.0 Å². The molecule has 1 amide bonds. The van der Waals surface area contributed by atoms with Gasteiger partial charge in [-0.15, -0.1) is 0 Å². The van der Waals surface area contributed by atoms with Crippen LogP contribution in [0.2, 0.25) is 0 Å². The van der Waals surface area contributed by atoms with Crippen molar-refractivity contribution in [1.29, 1.82) is 0 Å². The molecule has 1 unspecified atom stereocenters. The summed E-state index contributed by atoms with van der Waals surface area (Å²) in [5.41, 5.74) is 4.08. The molecule has 2 aromatic carbocycles. The first-order valence-electron chi connectivity index (χ1n) is 13.0. The quantitative estimate of drug-likeness (QED) is 0.451. The zero-order chi connectivity index (χ0) is 26.9. The van der Waals surface area contributed by atoms with Crippen molar-refractivity contribution >= 4 is 22.6 Å². The van der Waals surface area contributed by atoms with Gasteiger partial charge in [-0.25, -0.2) is 4.21 Å². The molecule has 1 saturated heterocycles. The van der Waals surface area contributed by atoms with E-state index < -0.39 is 11.0 Å². The van der Waals surface area contributed by atoms with Crippen molar-refractivity contribution in [3.63, 3.8) is 0 Å². The highest BCUT2D eigenvalue weighted by molar-refractivity contribution is 7.90. The van der Waals surface area contributed by atoms with E-state index in [4.69, 9.17) is 0 Å². The Hall–Kier alpha value is -2.90. The maximum absolute atomic E-state index is 13.6. The summed E-state index contributed by atoms with van der Waals surface area (Å²) in [6, 6.07) is 18.5. The molecule has 0 aromatic heterocycles. The van der Waals surface area contributed by atoms with Crippen molar-refractivity contribution < 1.29 is 9.00 Å². The molecule has 1 aliphatic heterocycles. The molecule has 3 rings (SSSR count). The van der Waals surface area contributed by atoms with Gasteiger partial charge in [0, 0.05) is 56.4 Å². The molecule has 0 saturated carbocycles. The number of rotatable bonds is 11. The fourth-order valence-electron chi connectivity index (χ4n) is 4.47. The molecule has 1 N–H and O–H groups in total. The SMILES string of the molecule is C=C(C)N(C)/C=C(\C)S(=O)N(C[C@@H](C)N1CCC(NC(=O)Cc2ccc(C)cc2)CC1)c1ccccc1. The van der Waals surface area contributed by atoms with E-state index in [0.717, 1.165) is 47.8 Å². The van der Waals surface area contributed by atoms with Crippen LogP contribution in [0.3, 0.4) is 0 Å². The summed E-state index contributed by atoms with van der Waals surface area (Å²) in [4.78, 5) is 17.7. The van der Waals surface area contributed by atoms with Crippen LogP contribution in [0.5, 0.6) is 0 Å². The Morgan fingerprint density at radius 1 is 1.14 bits per heavy atom. The summed E-state index contributed by atoms with van der Waals surface area (Å²) in [5, 5.41) is 3.22. The van der Waals surface area contributed by atoms with Gasteiger partial charge in [-0.2, -0.15) is 0 Å². The van der Waals surface area contributed by atoms with Gasteiger partial charge in [-0.3, -0.25) is 14.0 Å². The number of amides is 1. The van der Waals surface area contributed by atoms with Crippen LogP contribution in [0.25, 0.3) is 0 Å². The average molecular weight is 523 g/mol. The monoisotopic (exact) mass is 522 g/mol. The number of carbonyl (C=O) groups excluding carboxylic acids is 1. The number of nitrogens with one attached hydrogen (secondary N) is 1. The summed E-state index contributed by atoms with van der Waals surface area (Å²) in [6.07, 6.45) is 4.15. The van der Waals surface area contributed by atoms with E-state index in [2.05, 4.69) is 30.6 Å². The molecular weight excluding hydrogens is 480 g/mol. The molecule has 2 aromatic rings. The van der Waals surface area contributed by atoms with Gasteiger partial charge in [0.25, 0.3) is 0 Å². The number of nitrogens with zero attached hydrogens (tertiary/aromatic N) is 3. The van der Waals surface area contributed by atoms with E-state index in [9.17, 15) is 9.00 Å². The van der Waals surface area contributed by atoms with Crippen molar-refractivity contribution in [3.05, 3.63) is 89.1 Å². The molecule has 1 fully saturated rings. The molecule has 37 heavy (non-hydrogen) atoms. The molecule has 0 spiro atoms. The number of allylic oxidation sites excluding steroid dienone is 2. The molecule has 2 atom stereocenters. The van der Waals surface area contributed by atoms with E-state index in [0.29, 0.717) is 13.0 Å². The summed E-state index contributed by atoms with van der Waals surface area (Å²) in [7, 11) is 0.595. The molecule has 0 aliphatic carbocycles. The first-order valence-corrected chi connectivity index (χ1v) is 14.1. The predicted molar refractivity (Wildman–Crippen MR) is 155 cm³/mol. The van der Waals surface area contributed by atoms with Gasteiger partial charge in [0.1, 0.15) is 11.0 Å². The number of piperidine rings is 1. The van der Waals surface area contributed by atoms with Gasteiger partial charge in [-0.1, -0.05) is 54.6 Å². The van der Waals surface area contributed by atoms with Crippen molar-refractivity contribution in [1.82, 2.24) is 15.1 Å². The van der Waals surface area contributed by atoms with E-state index in [1.165, 1.54) is 5.56 Å². The fraction of sp³-hybridized carbons (Fsp3) is 0.433. The van der Waals surface area contributed by atoms with Crippen LogP contribution in [0.4, 0.5) is 5.69 Å². The van der Waals surface area contributed by atoms with Crippen LogP contribution in [0, 0.1) is 6.92 Å². The number of hydrogen-bond donors (Lipinski definition) is 1. The number of likely N-dealkylation sites (tertiary alicyclic amines) is 1. The second kappa shape index (κ2) is 13.6. The molecule has 7 heteroatoms. The zero-order valence-electron chi connectivity index (χ0n) is 22.9.